The van der Waals surface area contributed by atoms with Gasteiger partial charge in [-0.15, -0.1) is 0 Å². The van der Waals surface area contributed by atoms with Gasteiger partial charge in [0.25, 0.3) is 5.91 Å². The molecule has 0 aliphatic carbocycles. The molecule has 1 amide bonds. The van der Waals surface area contributed by atoms with Crippen molar-refractivity contribution in [2.45, 2.75) is 25.4 Å². The van der Waals surface area contributed by atoms with Crippen molar-refractivity contribution in [3.8, 4) is 0 Å². The number of anilines is 1. The van der Waals surface area contributed by atoms with E-state index in [1.165, 1.54) is 5.56 Å². The molecule has 5 heteroatoms. The van der Waals surface area contributed by atoms with Crippen molar-refractivity contribution in [2.75, 3.05) is 11.9 Å². The second kappa shape index (κ2) is 7.44. The summed E-state index contributed by atoms with van der Waals surface area (Å²) in [4.78, 5) is 15.0. The second-order valence-electron chi connectivity index (χ2n) is 6.49. The van der Waals surface area contributed by atoms with Crippen LogP contribution in [0.5, 0.6) is 0 Å². The zero-order valence-electron chi connectivity index (χ0n) is 14.5. The molecule has 1 N–H and O–H groups in total. The van der Waals surface area contributed by atoms with Crippen molar-refractivity contribution < 1.29 is 9.32 Å². The van der Waals surface area contributed by atoms with Gasteiger partial charge in [-0.05, 0) is 42.7 Å². The lowest BCUT2D eigenvalue weighted by molar-refractivity contribution is 0.0735. The molecule has 26 heavy (non-hydrogen) atoms. The highest BCUT2D eigenvalue weighted by molar-refractivity contribution is 5.95. The Morgan fingerprint density at radius 3 is 2.65 bits per heavy atom. The maximum Gasteiger partial charge on any atom is 0.254 e. The number of nitrogens with one attached hydrogen (secondary N) is 1. The molecule has 0 spiro atoms. The Kier molecular flexibility index (Phi) is 4.69. The van der Waals surface area contributed by atoms with E-state index in [0.717, 1.165) is 36.3 Å². The topological polar surface area (TPSA) is 58.4 Å². The minimum Gasteiger partial charge on any atom is -0.379 e. The molecule has 2 heterocycles. The number of aromatic nitrogens is 1. The molecule has 1 saturated heterocycles. The molecule has 132 valence electrons. The van der Waals surface area contributed by atoms with Crippen molar-refractivity contribution in [1.29, 1.82) is 0 Å². The molecule has 1 aromatic heterocycles. The molecule has 1 aliphatic rings. The molecular weight excluding hydrogens is 326 g/mol. The lowest BCUT2D eigenvalue weighted by Crippen LogP contribution is -2.30. The minimum atomic E-state index is 0.0967. The van der Waals surface area contributed by atoms with Crippen LogP contribution in [0.4, 0.5) is 5.69 Å². The molecule has 1 aliphatic heterocycles. The molecule has 4 rings (SSSR count). The molecule has 0 saturated carbocycles. The van der Waals surface area contributed by atoms with Gasteiger partial charge in [-0.25, -0.2) is 0 Å². The van der Waals surface area contributed by atoms with Crippen molar-refractivity contribution >= 4 is 11.6 Å². The van der Waals surface area contributed by atoms with Gasteiger partial charge in [0.1, 0.15) is 12.0 Å². The van der Waals surface area contributed by atoms with Crippen LogP contribution in [0.2, 0.25) is 0 Å². The minimum absolute atomic E-state index is 0.0967. The SMILES string of the molecule is O=C(c1ccc(NCc2ccon2)cc1)N1CCC[C@H]1c1ccccc1. The maximum absolute atomic E-state index is 13.0. The predicted molar refractivity (Wildman–Crippen MR) is 99.7 cm³/mol. The summed E-state index contributed by atoms with van der Waals surface area (Å²) < 4.78 is 4.82. The number of amides is 1. The second-order valence-corrected chi connectivity index (χ2v) is 6.49. The summed E-state index contributed by atoms with van der Waals surface area (Å²) in [7, 11) is 0. The van der Waals surface area contributed by atoms with Crippen LogP contribution in [-0.4, -0.2) is 22.5 Å². The first kappa shape index (κ1) is 16.4. The smallest absolute Gasteiger partial charge is 0.254 e. The molecule has 1 fully saturated rings. The van der Waals surface area contributed by atoms with E-state index in [4.69, 9.17) is 4.52 Å². The molecule has 0 unspecified atom stereocenters. The van der Waals surface area contributed by atoms with E-state index < -0.39 is 0 Å². The maximum atomic E-state index is 13.0. The van der Waals surface area contributed by atoms with E-state index >= 15 is 0 Å². The summed E-state index contributed by atoms with van der Waals surface area (Å²) in [6.07, 6.45) is 3.62. The highest BCUT2D eigenvalue weighted by atomic mass is 16.5. The summed E-state index contributed by atoms with van der Waals surface area (Å²) in [5.41, 5.74) is 3.72. The van der Waals surface area contributed by atoms with Crippen LogP contribution < -0.4 is 5.32 Å². The molecule has 0 bridgehead atoms. The molecule has 2 aromatic carbocycles. The summed E-state index contributed by atoms with van der Waals surface area (Å²) in [5, 5.41) is 7.14. The zero-order chi connectivity index (χ0) is 17.8. The number of carbonyl (C=O) groups excluding carboxylic acids is 1. The van der Waals surface area contributed by atoms with Crippen LogP contribution in [0.25, 0.3) is 0 Å². The van der Waals surface area contributed by atoms with Crippen molar-refractivity contribution in [2.24, 2.45) is 0 Å². The van der Waals surface area contributed by atoms with E-state index in [1.807, 2.05) is 53.4 Å². The lowest BCUT2D eigenvalue weighted by Gasteiger charge is -2.25. The van der Waals surface area contributed by atoms with Gasteiger partial charge in [0.15, 0.2) is 0 Å². The average Bonchev–Trinajstić information content (AvgIpc) is 3.39. The standard InChI is InChI=1S/C21H21N3O2/c25-21(24-13-4-7-20(24)16-5-2-1-3-6-16)17-8-10-18(11-9-17)22-15-19-12-14-26-23-19/h1-3,5-6,8-12,14,20,22H,4,7,13,15H2/t20-/m0/s1. The van der Waals surface area contributed by atoms with E-state index in [-0.39, 0.29) is 11.9 Å². The molecule has 1 atom stereocenters. The van der Waals surface area contributed by atoms with Crippen molar-refractivity contribution in [3.05, 3.63) is 83.7 Å². The Balaban J connectivity index is 1.44. The molecule has 0 radical (unpaired) electrons. The van der Waals surface area contributed by atoms with Gasteiger partial charge >= 0.3 is 0 Å². The lowest BCUT2D eigenvalue weighted by atomic mass is 10.0. The highest BCUT2D eigenvalue weighted by Crippen LogP contribution is 2.33. The number of likely N-dealkylation sites (tertiary alicyclic amines) is 1. The van der Waals surface area contributed by atoms with Crippen molar-refractivity contribution in [3.63, 3.8) is 0 Å². The van der Waals surface area contributed by atoms with Crippen LogP contribution in [-0.2, 0) is 6.54 Å². The average molecular weight is 347 g/mol. The number of carbonyl (C=O) groups is 1. The first-order valence-electron chi connectivity index (χ1n) is 8.90. The molecular formula is C21H21N3O2. The number of nitrogens with zero attached hydrogens (tertiary/aromatic N) is 2. The Morgan fingerprint density at radius 2 is 1.92 bits per heavy atom. The van der Waals surface area contributed by atoms with Gasteiger partial charge in [-0.3, -0.25) is 4.79 Å². The van der Waals surface area contributed by atoms with Gasteiger partial charge in [-0.1, -0.05) is 35.5 Å². The first-order valence-corrected chi connectivity index (χ1v) is 8.90. The number of hydrogen-bond donors (Lipinski definition) is 1. The Labute approximate surface area is 152 Å². The van der Waals surface area contributed by atoms with Gasteiger partial charge in [0, 0.05) is 23.9 Å². The number of benzene rings is 2. The van der Waals surface area contributed by atoms with Crippen LogP contribution >= 0.6 is 0 Å². The molecule has 3 aromatic rings. The summed E-state index contributed by atoms with van der Waals surface area (Å²) in [6.45, 7) is 1.40. The largest absolute Gasteiger partial charge is 0.379 e. The fraction of sp³-hybridized carbons (Fsp3) is 0.238. The quantitative estimate of drug-likeness (QED) is 0.749. The fourth-order valence-corrected chi connectivity index (χ4v) is 3.45. The van der Waals surface area contributed by atoms with Crippen LogP contribution in [0.3, 0.4) is 0 Å². The third-order valence-electron chi connectivity index (χ3n) is 4.79. The monoisotopic (exact) mass is 347 g/mol. The van der Waals surface area contributed by atoms with Gasteiger partial charge < -0.3 is 14.7 Å². The zero-order valence-corrected chi connectivity index (χ0v) is 14.5. The third-order valence-corrected chi connectivity index (χ3v) is 4.79. The van der Waals surface area contributed by atoms with Gasteiger partial charge in [0.05, 0.1) is 12.6 Å². The van der Waals surface area contributed by atoms with E-state index in [0.29, 0.717) is 6.54 Å². The normalized spacial score (nSPS) is 16.6. The highest BCUT2D eigenvalue weighted by Gasteiger charge is 2.30. The third kappa shape index (κ3) is 3.47. The number of hydrogen-bond acceptors (Lipinski definition) is 4. The van der Waals surface area contributed by atoms with E-state index in [9.17, 15) is 4.79 Å². The number of rotatable bonds is 5. The Morgan fingerprint density at radius 1 is 1.12 bits per heavy atom. The van der Waals surface area contributed by atoms with Gasteiger partial charge in [0.2, 0.25) is 0 Å². The Bertz CT molecular complexity index is 845. The summed E-state index contributed by atoms with van der Waals surface area (Å²) >= 11 is 0. The summed E-state index contributed by atoms with van der Waals surface area (Å²) in [5.74, 6) is 0.0967. The fourth-order valence-electron chi connectivity index (χ4n) is 3.45. The van der Waals surface area contributed by atoms with Gasteiger partial charge in [-0.2, -0.15) is 0 Å². The predicted octanol–water partition coefficient (Wildman–Crippen LogP) is 4.26. The van der Waals surface area contributed by atoms with Crippen LogP contribution in [0.1, 0.15) is 40.5 Å². The van der Waals surface area contributed by atoms with E-state index in [2.05, 4.69) is 22.6 Å². The Hall–Kier alpha value is -3.08. The molecule has 5 nitrogen and oxygen atoms in total. The van der Waals surface area contributed by atoms with Crippen LogP contribution in [0, 0.1) is 0 Å². The van der Waals surface area contributed by atoms with Crippen molar-refractivity contribution in [1.82, 2.24) is 10.1 Å². The summed E-state index contributed by atoms with van der Waals surface area (Å²) in [6, 6.07) is 19.9. The van der Waals surface area contributed by atoms with Crippen LogP contribution in [0.15, 0.2) is 71.4 Å². The van der Waals surface area contributed by atoms with E-state index in [1.54, 1.807) is 6.26 Å². The first-order chi connectivity index (χ1) is 12.8.